The minimum atomic E-state index is -0.722. The van der Waals surface area contributed by atoms with Gasteiger partial charge in [-0.2, -0.15) is 0 Å². The predicted octanol–water partition coefficient (Wildman–Crippen LogP) is 0.0651. The van der Waals surface area contributed by atoms with Gasteiger partial charge in [-0.3, -0.25) is 9.69 Å². The summed E-state index contributed by atoms with van der Waals surface area (Å²) in [6.45, 7) is 5.43. The van der Waals surface area contributed by atoms with Crippen molar-refractivity contribution in [3.05, 3.63) is 0 Å². The molecule has 0 bridgehead atoms. The van der Waals surface area contributed by atoms with E-state index >= 15 is 0 Å². The summed E-state index contributed by atoms with van der Waals surface area (Å²) in [4.78, 5) is 23.8. The lowest BCUT2D eigenvalue weighted by molar-refractivity contribution is -0.121. The van der Waals surface area contributed by atoms with E-state index in [0.717, 1.165) is 0 Å². The van der Waals surface area contributed by atoms with E-state index in [1.165, 1.54) is 4.90 Å². The molecule has 0 aromatic heterocycles. The summed E-state index contributed by atoms with van der Waals surface area (Å²) in [5, 5.41) is 0. The molecule has 1 fully saturated rings. The Kier molecular flexibility index (Phi) is 3.18. The highest BCUT2D eigenvalue weighted by molar-refractivity contribution is 5.84. The molecule has 0 aromatic rings. The van der Waals surface area contributed by atoms with Gasteiger partial charge in [0.2, 0.25) is 5.91 Å². The van der Waals surface area contributed by atoms with Crippen molar-refractivity contribution in [1.82, 2.24) is 4.90 Å². The van der Waals surface area contributed by atoms with Gasteiger partial charge in [0.25, 0.3) is 0 Å². The molecule has 2 amide bonds. The van der Waals surface area contributed by atoms with E-state index in [4.69, 9.17) is 15.2 Å². The van der Waals surface area contributed by atoms with Crippen LogP contribution in [0.25, 0.3) is 0 Å². The number of carbonyl (C=O) groups is 2. The number of hydrogen-bond donors (Lipinski definition) is 1. The maximum absolute atomic E-state index is 11.6. The second-order valence-electron chi connectivity index (χ2n) is 4.37. The van der Waals surface area contributed by atoms with Crippen LogP contribution >= 0.6 is 0 Å². The van der Waals surface area contributed by atoms with Crippen LogP contribution in [0, 0.1) is 0 Å². The molecule has 2 N–H and O–H groups in total. The minimum Gasteiger partial charge on any atom is -0.444 e. The molecule has 1 aliphatic rings. The largest absolute Gasteiger partial charge is 0.444 e. The number of primary amides is 1. The number of amides is 2. The Labute approximate surface area is 88.3 Å². The van der Waals surface area contributed by atoms with E-state index in [-0.39, 0.29) is 13.3 Å². The lowest BCUT2D eigenvalue weighted by Gasteiger charge is -2.25. The summed E-state index contributed by atoms with van der Waals surface area (Å²) in [5.41, 5.74) is 4.53. The van der Waals surface area contributed by atoms with Crippen LogP contribution in [0.1, 0.15) is 20.8 Å². The highest BCUT2D eigenvalue weighted by Crippen LogP contribution is 2.15. The van der Waals surface area contributed by atoms with Crippen molar-refractivity contribution >= 4 is 12.0 Å². The van der Waals surface area contributed by atoms with E-state index in [2.05, 4.69) is 0 Å². The quantitative estimate of drug-likeness (QED) is 0.672. The summed E-state index contributed by atoms with van der Waals surface area (Å²) >= 11 is 0. The monoisotopic (exact) mass is 216 g/mol. The summed E-state index contributed by atoms with van der Waals surface area (Å²) in [7, 11) is 0. The molecule has 1 atom stereocenters. The molecule has 0 radical (unpaired) electrons. The van der Waals surface area contributed by atoms with Crippen molar-refractivity contribution in [3.8, 4) is 0 Å². The van der Waals surface area contributed by atoms with Gasteiger partial charge in [-0.05, 0) is 20.8 Å². The number of carbonyl (C=O) groups excluding carboxylic acids is 2. The first kappa shape index (κ1) is 11.8. The molecule has 15 heavy (non-hydrogen) atoms. The summed E-state index contributed by atoms with van der Waals surface area (Å²) in [5.74, 6) is -0.585. The Morgan fingerprint density at radius 1 is 1.47 bits per heavy atom. The summed E-state index contributed by atoms with van der Waals surface area (Å²) < 4.78 is 10.1. The lowest BCUT2D eigenvalue weighted by Crippen LogP contribution is -2.46. The molecule has 0 spiro atoms. The molecular weight excluding hydrogens is 200 g/mol. The molecule has 6 nitrogen and oxygen atoms in total. The molecule has 0 aliphatic carbocycles. The molecule has 0 aromatic carbocycles. The molecule has 1 saturated heterocycles. The van der Waals surface area contributed by atoms with Crippen LogP contribution < -0.4 is 5.73 Å². The molecule has 1 aliphatic heterocycles. The number of nitrogens with zero attached hydrogens (tertiary/aromatic N) is 1. The van der Waals surface area contributed by atoms with E-state index in [1.807, 2.05) is 0 Å². The summed E-state index contributed by atoms with van der Waals surface area (Å²) in [6.07, 6.45) is -0.580. The van der Waals surface area contributed by atoms with Gasteiger partial charge in [-0.25, -0.2) is 4.79 Å². The van der Waals surface area contributed by atoms with Crippen LogP contribution in [0.3, 0.4) is 0 Å². The maximum atomic E-state index is 11.6. The van der Waals surface area contributed by atoms with Gasteiger partial charge in [0.05, 0.1) is 6.61 Å². The smallest absolute Gasteiger partial charge is 0.412 e. The second-order valence-corrected chi connectivity index (χ2v) is 4.37. The van der Waals surface area contributed by atoms with Gasteiger partial charge in [0.15, 0.2) is 0 Å². The third-order valence-electron chi connectivity index (χ3n) is 1.84. The zero-order chi connectivity index (χ0) is 11.6. The average molecular weight is 216 g/mol. The van der Waals surface area contributed by atoms with Crippen LogP contribution in [-0.4, -0.2) is 41.9 Å². The number of ether oxygens (including phenoxy) is 2. The van der Waals surface area contributed by atoms with Crippen LogP contribution in [0.15, 0.2) is 0 Å². The fourth-order valence-corrected chi connectivity index (χ4v) is 1.18. The third kappa shape index (κ3) is 3.09. The first-order valence-corrected chi connectivity index (χ1v) is 4.68. The van der Waals surface area contributed by atoms with Crippen molar-refractivity contribution in [2.45, 2.75) is 32.4 Å². The van der Waals surface area contributed by atoms with Crippen LogP contribution in [-0.2, 0) is 14.3 Å². The molecule has 86 valence electrons. The topological polar surface area (TPSA) is 81.9 Å². The highest BCUT2D eigenvalue weighted by atomic mass is 16.6. The SMILES string of the molecule is CC(C)(C)OC(=O)N1COC[C@@H]1C(N)=O. The lowest BCUT2D eigenvalue weighted by atomic mass is 10.2. The van der Waals surface area contributed by atoms with Crippen LogP contribution in [0.5, 0.6) is 0 Å². The fourth-order valence-electron chi connectivity index (χ4n) is 1.18. The Bertz CT molecular complexity index is 272. The zero-order valence-electron chi connectivity index (χ0n) is 9.15. The first-order chi connectivity index (χ1) is 6.81. The van der Waals surface area contributed by atoms with Crippen molar-refractivity contribution in [2.24, 2.45) is 5.73 Å². The van der Waals surface area contributed by atoms with Crippen LogP contribution in [0.4, 0.5) is 4.79 Å². The molecular formula is C9H16N2O4. The van der Waals surface area contributed by atoms with E-state index in [0.29, 0.717) is 0 Å². The Morgan fingerprint density at radius 3 is 2.53 bits per heavy atom. The van der Waals surface area contributed by atoms with Gasteiger partial charge in [0, 0.05) is 0 Å². The fraction of sp³-hybridized carbons (Fsp3) is 0.778. The molecule has 1 rings (SSSR count). The molecule has 0 saturated carbocycles. The van der Waals surface area contributed by atoms with Crippen molar-refractivity contribution in [1.29, 1.82) is 0 Å². The zero-order valence-corrected chi connectivity index (χ0v) is 9.15. The van der Waals surface area contributed by atoms with E-state index < -0.39 is 23.6 Å². The minimum absolute atomic E-state index is 0.0442. The first-order valence-electron chi connectivity index (χ1n) is 4.68. The molecule has 6 heteroatoms. The van der Waals surface area contributed by atoms with Crippen molar-refractivity contribution < 1.29 is 19.1 Å². The van der Waals surface area contributed by atoms with Crippen LogP contribution in [0.2, 0.25) is 0 Å². The third-order valence-corrected chi connectivity index (χ3v) is 1.84. The number of nitrogens with two attached hydrogens (primary N) is 1. The highest BCUT2D eigenvalue weighted by Gasteiger charge is 2.36. The van der Waals surface area contributed by atoms with Gasteiger partial charge < -0.3 is 15.2 Å². The second kappa shape index (κ2) is 4.06. The predicted molar refractivity (Wildman–Crippen MR) is 51.9 cm³/mol. The van der Waals surface area contributed by atoms with Gasteiger partial charge in [-0.15, -0.1) is 0 Å². The molecule has 1 heterocycles. The normalized spacial score (nSPS) is 21.5. The number of rotatable bonds is 1. The van der Waals surface area contributed by atoms with Gasteiger partial charge >= 0.3 is 6.09 Å². The van der Waals surface area contributed by atoms with E-state index in [1.54, 1.807) is 20.8 Å². The Hall–Kier alpha value is -1.30. The maximum Gasteiger partial charge on any atom is 0.412 e. The average Bonchev–Trinajstić information content (AvgIpc) is 2.47. The van der Waals surface area contributed by atoms with Crippen molar-refractivity contribution in [2.75, 3.05) is 13.3 Å². The van der Waals surface area contributed by atoms with E-state index in [9.17, 15) is 9.59 Å². The summed E-state index contributed by atoms with van der Waals surface area (Å²) in [6, 6.07) is -0.722. The van der Waals surface area contributed by atoms with Crippen molar-refractivity contribution in [3.63, 3.8) is 0 Å². The number of hydrogen-bond acceptors (Lipinski definition) is 4. The Balaban J connectivity index is 2.63. The van der Waals surface area contributed by atoms with Gasteiger partial charge in [-0.1, -0.05) is 0 Å². The molecule has 0 unspecified atom stereocenters. The van der Waals surface area contributed by atoms with Gasteiger partial charge in [0.1, 0.15) is 18.4 Å². The standard InChI is InChI=1S/C9H16N2O4/c1-9(2,3)15-8(13)11-5-14-4-6(11)7(10)12/h6H,4-5H2,1-3H3,(H2,10,12)/t6-/m1/s1. The Morgan fingerprint density at radius 2 is 2.07 bits per heavy atom.